The van der Waals surface area contributed by atoms with Crippen molar-refractivity contribution in [3.63, 3.8) is 0 Å². The Kier molecular flexibility index (Phi) is 4.41. The molecule has 6 heteroatoms. The van der Waals surface area contributed by atoms with Gasteiger partial charge in [-0.1, -0.05) is 30.3 Å². The Labute approximate surface area is 140 Å². The molecule has 0 radical (unpaired) electrons. The first-order chi connectivity index (χ1) is 11.4. The smallest absolute Gasteiger partial charge is 0.245 e. The van der Waals surface area contributed by atoms with Crippen LogP contribution in [0.5, 0.6) is 0 Å². The summed E-state index contributed by atoms with van der Waals surface area (Å²) >= 11 is 0. The van der Waals surface area contributed by atoms with E-state index in [1.54, 1.807) is 6.07 Å². The number of halogens is 1. The summed E-state index contributed by atoms with van der Waals surface area (Å²) in [7, 11) is -3.73. The summed E-state index contributed by atoms with van der Waals surface area (Å²) in [6, 6.07) is 12.9. The van der Waals surface area contributed by atoms with Crippen LogP contribution in [0.4, 0.5) is 10.1 Å². The van der Waals surface area contributed by atoms with E-state index in [9.17, 15) is 17.6 Å². The summed E-state index contributed by atoms with van der Waals surface area (Å²) < 4.78 is 38.3. The largest absolute Gasteiger partial charge is 0.311 e. The Bertz CT molecular complexity index is 879. The molecule has 3 rings (SSSR count). The van der Waals surface area contributed by atoms with Crippen molar-refractivity contribution < 1.29 is 17.6 Å². The van der Waals surface area contributed by atoms with Gasteiger partial charge in [-0.25, -0.2) is 12.8 Å². The van der Waals surface area contributed by atoms with Crippen molar-refractivity contribution >= 4 is 21.4 Å². The molecule has 2 aromatic rings. The van der Waals surface area contributed by atoms with Gasteiger partial charge in [0, 0.05) is 12.2 Å². The molecule has 24 heavy (non-hydrogen) atoms. The first-order valence-electron chi connectivity index (χ1n) is 7.74. The highest BCUT2D eigenvalue weighted by Gasteiger charge is 2.34. The van der Waals surface area contributed by atoms with E-state index in [1.165, 1.54) is 30.0 Å². The van der Waals surface area contributed by atoms with Gasteiger partial charge in [0.2, 0.25) is 5.91 Å². The number of amides is 1. The second-order valence-corrected chi connectivity index (χ2v) is 8.27. The van der Waals surface area contributed by atoms with Gasteiger partial charge >= 0.3 is 0 Å². The monoisotopic (exact) mass is 347 g/mol. The minimum absolute atomic E-state index is 0.344. The van der Waals surface area contributed by atoms with E-state index in [4.69, 9.17) is 0 Å². The highest BCUT2D eigenvalue weighted by atomic mass is 32.2. The van der Waals surface area contributed by atoms with Gasteiger partial charge in [-0.3, -0.25) is 4.79 Å². The molecular weight excluding hydrogens is 329 g/mol. The Morgan fingerprint density at radius 1 is 1.21 bits per heavy atom. The van der Waals surface area contributed by atoms with E-state index in [1.807, 2.05) is 24.3 Å². The summed E-state index contributed by atoms with van der Waals surface area (Å²) in [4.78, 5) is 14.2. The van der Waals surface area contributed by atoms with Crippen LogP contribution in [-0.4, -0.2) is 26.1 Å². The number of fused-ring (bicyclic) bond motifs is 1. The lowest BCUT2D eigenvalue weighted by Crippen LogP contribution is -2.41. The average Bonchev–Trinajstić information content (AvgIpc) is 2.97. The zero-order chi connectivity index (χ0) is 17.3. The third-order valence-electron chi connectivity index (χ3n) is 4.30. The number of carbonyl (C=O) groups excluding carboxylic acids is 1. The summed E-state index contributed by atoms with van der Waals surface area (Å²) in [6.07, 6.45) is 0.721. The normalized spacial score (nSPS) is 15.2. The third kappa shape index (κ3) is 3.19. The van der Waals surface area contributed by atoms with Crippen LogP contribution in [0, 0.1) is 5.82 Å². The van der Waals surface area contributed by atoms with Crippen LogP contribution in [0.25, 0.3) is 0 Å². The highest BCUT2D eigenvalue weighted by Crippen LogP contribution is 2.29. The molecule has 0 aliphatic carbocycles. The van der Waals surface area contributed by atoms with Crippen LogP contribution in [0.1, 0.15) is 18.1 Å². The fourth-order valence-corrected chi connectivity index (χ4v) is 4.25. The number of rotatable bonds is 4. The van der Waals surface area contributed by atoms with Crippen molar-refractivity contribution in [3.05, 3.63) is 65.5 Å². The molecular formula is C18H18FNO3S. The van der Waals surface area contributed by atoms with Crippen LogP contribution in [-0.2, 0) is 26.8 Å². The van der Waals surface area contributed by atoms with Crippen molar-refractivity contribution in [2.75, 3.05) is 11.4 Å². The third-order valence-corrected chi connectivity index (χ3v) is 6.31. The van der Waals surface area contributed by atoms with Gasteiger partial charge in [-0.15, -0.1) is 0 Å². The fourth-order valence-electron chi connectivity index (χ4n) is 2.92. The molecule has 0 saturated carbocycles. The van der Waals surface area contributed by atoms with Crippen molar-refractivity contribution in [1.82, 2.24) is 0 Å². The van der Waals surface area contributed by atoms with Gasteiger partial charge in [0.1, 0.15) is 11.1 Å². The quantitative estimate of drug-likeness (QED) is 0.854. The zero-order valence-electron chi connectivity index (χ0n) is 13.3. The van der Waals surface area contributed by atoms with Crippen molar-refractivity contribution in [2.45, 2.75) is 24.3 Å². The van der Waals surface area contributed by atoms with Crippen molar-refractivity contribution in [2.24, 2.45) is 0 Å². The van der Waals surface area contributed by atoms with Gasteiger partial charge in [-0.05, 0) is 42.7 Å². The maximum atomic E-state index is 13.2. The lowest BCUT2D eigenvalue weighted by atomic mass is 10.2. The molecule has 1 aliphatic rings. The van der Waals surface area contributed by atoms with E-state index in [2.05, 4.69) is 0 Å². The van der Waals surface area contributed by atoms with Crippen LogP contribution < -0.4 is 4.90 Å². The Morgan fingerprint density at radius 2 is 1.96 bits per heavy atom. The first kappa shape index (κ1) is 16.6. The summed E-state index contributed by atoms with van der Waals surface area (Å²) in [5.41, 5.74) is 2.16. The molecule has 4 nitrogen and oxygen atoms in total. The zero-order valence-corrected chi connectivity index (χ0v) is 14.1. The number of anilines is 1. The van der Waals surface area contributed by atoms with Crippen molar-refractivity contribution in [3.8, 4) is 0 Å². The van der Waals surface area contributed by atoms with Gasteiger partial charge in [0.15, 0.2) is 9.84 Å². The predicted octanol–water partition coefficient (Wildman–Crippen LogP) is 2.72. The van der Waals surface area contributed by atoms with E-state index in [-0.39, 0.29) is 5.75 Å². The minimum Gasteiger partial charge on any atom is -0.311 e. The van der Waals surface area contributed by atoms with Crippen LogP contribution in [0.15, 0.2) is 48.5 Å². The molecule has 1 heterocycles. The maximum absolute atomic E-state index is 13.2. The van der Waals surface area contributed by atoms with Gasteiger partial charge in [0.05, 0.1) is 5.75 Å². The van der Waals surface area contributed by atoms with Crippen LogP contribution in [0.2, 0.25) is 0 Å². The molecule has 0 spiro atoms. The number of nitrogens with zero attached hydrogens (tertiary/aromatic N) is 1. The molecule has 0 fully saturated rings. The fraction of sp³-hybridized carbons (Fsp3) is 0.278. The van der Waals surface area contributed by atoms with Gasteiger partial charge < -0.3 is 4.90 Å². The minimum atomic E-state index is -3.73. The Balaban J connectivity index is 1.80. The summed E-state index contributed by atoms with van der Waals surface area (Å²) in [5.74, 6) is -1.28. The number of hydrogen-bond acceptors (Lipinski definition) is 3. The Hall–Kier alpha value is -2.21. The number of benzene rings is 2. The molecule has 1 unspecified atom stereocenters. The van der Waals surface area contributed by atoms with Gasteiger partial charge in [-0.2, -0.15) is 0 Å². The van der Waals surface area contributed by atoms with Crippen molar-refractivity contribution in [1.29, 1.82) is 0 Å². The molecule has 0 saturated heterocycles. The maximum Gasteiger partial charge on any atom is 0.245 e. The number of carbonyl (C=O) groups is 1. The molecule has 0 aromatic heterocycles. The van der Waals surface area contributed by atoms with Crippen LogP contribution >= 0.6 is 0 Å². The standard InChI is InChI=1S/C18H18FNO3S/c1-13(24(22,23)12-14-5-4-7-16(19)11-14)18(21)20-10-9-15-6-2-3-8-17(15)20/h2-8,11,13H,9-10,12H2,1H3. The molecule has 1 amide bonds. The summed E-state index contributed by atoms with van der Waals surface area (Å²) in [6.45, 7) is 1.88. The van der Waals surface area contributed by atoms with E-state index >= 15 is 0 Å². The number of hydrogen-bond donors (Lipinski definition) is 0. The first-order valence-corrected chi connectivity index (χ1v) is 9.45. The van der Waals surface area contributed by atoms with Gasteiger partial charge in [0.25, 0.3) is 0 Å². The molecule has 1 atom stereocenters. The second-order valence-electron chi connectivity index (χ2n) is 5.95. The number of sulfone groups is 1. The SMILES string of the molecule is CC(C(=O)N1CCc2ccccc21)S(=O)(=O)Cc1cccc(F)c1. The highest BCUT2D eigenvalue weighted by molar-refractivity contribution is 7.92. The Morgan fingerprint density at radius 3 is 2.71 bits per heavy atom. The van der Waals surface area contributed by atoms with Crippen LogP contribution in [0.3, 0.4) is 0 Å². The lowest BCUT2D eigenvalue weighted by molar-refractivity contribution is -0.117. The average molecular weight is 347 g/mol. The van der Waals surface area contributed by atoms with E-state index in [0.717, 1.165) is 17.7 Å². The predicted molar refractivity (Wildman–Crippen MR) is 91.0 cm³/mol. The molecule has 2 aromatic carbocycles. The lowest BCUT2D eigenvalue weighted by Gasteiger charge is -2.21. The second kappa shape index (κ2) is 6.36. The number of para-hydroxylation sites is 1. The summed E-state index contributed by atoms with van der Waals surface area (Å²) in [5, 5.41) is -1.17. The van der Waals surface area contributed by atoms with E-state index in [0.29, 0.717) is 12.1 Å². The van der Waals surface area contributed by atoms with E-state index < -0.39 is 26.8 Å². The molecule has 126 valence electrons. The molecule has 0 N–H and O–H groups in total. The molecule has 1 aliphatic heterocycles. The topological polar surface area (TPSA) is 54.5 Å². The molecule has 0 bridgehead atoms.